The van der Waals surface area contributed by atoms with E-state index in [0.717, 1.165) is 0 Å². The van der Waals surface area contributed by atoms with Gasteiger partial charge in [-0.15, -0.1) is 0 Å². The zero-order chi connectivity index (χ0) is 19.7. The van der Waals surface area contributed by atoms with Crippen LogP contribution in [0, 0.1) is 5.41 Å². The van der Waals surface area contributed by atoms with Crippen molar-refractivity contribution in [1.82, 2.24) is 0 Å². The van der Waals surface area contributed by atoms with Gasteiger partial charge in [-0.2, -0.15) is 0 Å². The highest BCUT2D eigenvalue weighted by molar-refractivity contribution is 6.14. The molecule has 0 spiro atoms. The fourth-order valence-corrected chi connectivity index (χ4v) is 3.86. The minimum Gasteiger partial charge on any atom is -0.374 e. The van der Waals surface area contributed by atoms with Gasteiger partial charge in [0.1, 0.15) is 0 Å². The van der Waals surface area contributed by atoms with E-state index in [1.165, 1.54) is 0 Å². The maximum absolute atomic E-state index is 12.9. The molecule has 4 nitrogen and oxygen atoms in total. The minimum atomic E-state index is -2.17. The average molecular weight is 364 g/mol. The highest BCUT2D eigenvalue weighted by Gasteiger charge is 2.55. The van der Waals surface area contributed by atoms with Gasteiger partial charge in [0, 0.05) is 30.7 Å². The van der Waals surface area contributed by atoms with Crippen LogP contribution in [0.4, 0.5) is 0 Å². The molecule has 1 atom stereocenters. The first-order valence-corrected chi connectivity index (χ1v) is 9.16. The quantitative estimate of drug-likeness (QED) is 0.648. The lowest BCUT2D eigenvalue weighted by Crippen LogP contribution is -2.57. The molecule has 27 heavy (non-hydrogen) atoms. The minimum absolute atomic E-state index is 0.109. The van der Waals surface area contributed by atoms with Crippen LogP contribution in [0.2, 0.25) is 0 Å². The van der Waals surface area contributed by atoms with Gasteiger partial charge >= 0.3 is 0 Å². The average Bonchev–Trinajstić information content (AvgIpc) is 2.64. The van der Waals surface area contributed by atoms with E-state index in [1.54, 1.807) is 48.5 Å². The van der Waals surface area contributed by atoms with Crippen LogP contribution in [0.25, 0.3) is 0 Å². The third-order valence-electron chi connectivity index (χ3n) is 5.32. The molecular weight excluding hydrogens is 340 g/mol. The Morgan fingerprint density at radius 1 is 0.926 bits per heavy atom. The third-order valence-corrected chi connectivity index (χ3v) is 5.32. The van der Waals surface area contributed by atoms with Crippen molar-refractivity contribution in [2.24, 2.45) is 5.41 Å². The molecule has 1 aliphatic rings. The highest BCUT2D eigenvalue weighted by Crippen LogP contribution is 2.44. The zero-order valence-electron chi connectivity index (χ0n) is 15.6. The molecule has 0 amide bonds. The lowest BCUT2D eigenvalue weighted by Gasteiger charge is -2.41. The van der Waals surface area contributed by atoms with Crippen molar-refractivity contribution in [2.45, 2.75) is 44.6 Å². The zero-order valence-corrected chi connectivity index (χ0v) is 15.6. The number of benzene rings is 2. The molecule has 2 aromatic rings. The van der Waals surface area contributed by atoms with Gasteiger partial charge in [0.2, 0.25) is 0 Å². The Labute approximate surface area is 159 Å². The van der Waals surface area contributed by atoms with E-state index in [9.17, 15) is 19.5 Å². The molecule has 4 heteroatoms. The first-order valence-electron chi connectivity index (χ1n) is 9.16. The monoisotopic (exact) mass is 364 g/mol. The van der Waals surface area contributed by atoms with E-state index < -0.39 is 28.5 Å². The van der Waals surface area contributed by atoms with Crippen LogP contribution >= 0.6 is 0 Å². The van der Waals surface area contributed by atoms with Crippen molar-refractivity contribution in [3.8, 4) is 0 Å². The summed E-state index contributed by atoms with van der Waals surface area (Å²) in [6.45, 7) is 3.68. The molecule has 2 aromatic carbocycles. The summed E-state index contributed by atoms with van der Waals surface area (Å²) in [4.78, 5) is 38.6. The fourth-order valence-electron chi connectivity index (χ4n) is 3.86. The number of Topliss-reactive ketones (excluding diaryl/α,β-unsaturated/α-hetero) is 3. The van der Waals surface area contributed by atoms with Gasteiger partial charge in [-0.25, -0.2) is 0 Å². The number of ketones is 3. The van der Waals surface area contributed by atoms with Gasteiger partial charge in [-0.3, -0.25) is 14.4 Å². The van der Waals surface area contributed by atoms with Gasteiger partial charge < -0.3 is 5.11 Å². The molecule has 1 unspecified atom stereocenters. The SMILES string of the molecule is CC1(C)CC(=O)C(O)(C(CC(=O)c2ccccc2)c2ccccc2)C(=O)C1. The normalized spacial score (nSPS) is 19.5. The summed E-state index contributed by atoms with van der Waals surface area (Å²) >= 11 is 0. The Morgan fingerprint density at radius 3 is 1.93 bits per heavy atom. The first kappa shape index (κ1) is 19.2. The molecule has 0 saturated heterocycles. The van der Waals surface area contributed by atoms with Crippen LogP contribution in [-0.4, -0.2) is 28.1 Å². The van der Waals surface area contributed by atoms with E-state index in [1.807, 2.05) is 26.0 Å². The number of carbonyl (C=O) groups is 3. The Bertz CT molecular complexity index is 832. The lowest BCUT2D eigenvalue weighted by atomic mass is 9.63. The van der Waals surface area contributed by atoms with Crippen LogP contribution in [0.15, 0.2) is 60.7 Å². The number of hydrogen-bond acceptors (Lipinski definition) is 4. The first-order chi connectivity index (χ1) is 12.7. The molecule has 1 saturated carbocycles. The molecule has 140 valence electrons. The van der Waals surface area contributed by atoms with Crippen molar-refractivity contribution in [3.05, 3.63) is 71.8 Å². The third kappa shape index (κ3) is 3.76. The summed E-state index contributed by atoms with van der Waals surface area (Å²) < 4.78 is 0. The number of carbonyl (C=O) groups excluding carboxylic acids is 3. The number of rotatable bonds is 5. The maximum atomic E-state index is 12.9. The van der Waals surface area contributed by atoms with Gasteiger partial charge in [0.05, 0.1) is 0 Å². The summed E-state index contributed by atoms with van der Waals surface area (Å²) in [5.41, 5.74) is -1.53. The lowest BCUT2D eigenvalue weighted by molar-refractivity contribution is -0.161. The van der Waals surface area contributed by atoms with Crippen LogP contribution in [-0.2, 0) is 9.59 Å². The Morgan fingerprint density at radius 2 is 1.41 bits per heavy atom. The smallest absolute Gasteiger partial charge is 0.188 e. The number of aliphatic hydroxyl groups is 1. The van der Waals surface area contributed by atoms with Gasteiger partial charge in [-0.05, 0) is 11.0 Å². The summed E-state index contributed by atoms with van der Waals surface area (Å²) in [6.07, 6.45) is 0.110. The molecule has 1 N–H and O–H groups in total. The van der Waals surface area contributed by atoms with Gasteiger partial charge in [0.25, 0.3) is 0 Å². The molecule has 1 fully saturated rings. The van der Waals surface area contributed by atoms with E-state index in [2.05, 4.69) is 0 Å². The molecule has 0 aliphatic heterocycles. The molecule has 0 aromatic heterocycles. The predicted molar refractivity (Wildman–Crippen MR) is 103 cm³/mol. The van der Waals surface area contributed by atoms with Crippen molar-refractivity contribution < 1.29 is 19.5 Å². The summed E-state index contributed by atoms with van der Waals surface area (Å²) in [7, 11) is 0. The van der Waals surface area contributed by atoms with Crippen LogP contribution < -0.4 is 0 Å². The molecule has 0 radical (unpaired) electrons. The molecule has 0 heterocycles. The van der Waals surface area contributed by atoms with Crippen LogP contribution in [0.5, 0.6) is 0 Å². The van der Waals surface area contributed by atoms with Crippen LogP contribution in [0.3, 0.4) is 0 Å². The van der Waals surface area contributed by atoms with Crippen molar-refractivity contribution in [3.63, 3.8) is 0 Å². The van der Waals surface area contributed by atoms with Crippen molar-refractivity contribution >= 4 is 17.3 Å². The van der Waals surface area contributed by atoms with E-state index in [-0.39, 0.29) is 25.0 Å². The summed E-state index contributed by atoms with van der Waals surface area (Å²) in [6, 6.07) is 17.6. The van der Waals surface area contributed by atoms with E-state index in [4.69, 9.17) is 0 Å². The van der Waals surface area contributed by atoms with E-state index >= 15 is 0 Å². The number of hydrogen-bond donors (Lipinski definition) is 1. The fraction of sp³-hybridized carbons (Fsp3) is 0.348. The second kappa shape index (κ2) is 7.20. The highest BCUT2D eigenvalue weighted by atomic mass is 16.3. The van der Waals surface area contributed by atoms with Gasteiger partial charge in [0.15, 0.2) is 23.0 Å². The van der Waals surface area contributed by atoms with Gasteiger partial charge in [-0.1, -0.05) is 74.5 Å². The second-order valence-corrected chi connectivity index (χ2v) is 8.09. The van der Waals surface area contributed by atoms with E-state index in [0.29, 0.717) is 11.1 Å². The topological polar surface area (TPSA) is 71.4 Å². The Kier molecular flexibility index (Phi) is 5.11. The largest absolute Gasteiger partial charge is 0.374 e. The Balaban J connectivity index is 2.01. The standard InChI is InChI=1S/C23H24O4/c1-22(2)14-20(25)23(27,21(26)15-22)18(16-9-5-3-6-10-16)13-19(24)17-11-7-4-8-12-17/h3-12,18,27H,13-15H2,1-2H3. The second-order valence-electron chi connectivity index (χ2n) is 8.09. The maximum Gasteiger partial charge on any atom is 0.188 e. The Hall–Kier alpha value is -2.59. The summed E-state index contributed by atoms with van der Waals surface area (Å²) in [5, 5.41) is 11.3. The molecule has 3 rings (SSSR count). The van der Waals surface area contributed by atoms with Crippen LogP contribution in [0.1, 0.15) is 54.9 Å². The molecular formula is C23H24O4. The summed E-state index contributed by atoms with van der Waals surface area (Å²) in [5.74, 6) is -2.11. The van der Waals surface area contributed by atoms with Crippen molar-refractivity contribution in [1.29, 1.82) is 0 Å². The molecule has 1 aliphatic carbocycles. The predicted octanol–water partition coefficient (Wildman–Crippen LogP) is 3.73. The molecule has 0 bridgehead atoms. The van der Waals surface area contributed by atoms with Crippen molar-refractivity contribution in [2.75, 3.05) is 0 Å².